The van der Waals surface area contributed by atoms with Crippen LogP contribution in [0.15, 0.2) is 12.4 Å². The smallest absolute Gasteiger partial charge is 0.326 e. The summed E-state index contributed by atoms with van der Waals surface area (Å²) < 4.78 is 1.67. The van der Waals surface area contributed by atoms with Crippen LogP contribution in [0.25, 0.3) is 0 Å². The van der Waals surface area contributed by atoms with Crippen LogP contribution in [-0.4, -0.2) is 32.8 Å². The summed E-state index contributed by atoms with van der Waals surface area (Å²) in [6.45, 7) is 3.53. The van der Waals surface area contributed by atoms with E-state index >= 15 is 0 Å². The number of nitrogens with one attached hydrogen (secondary N) is 1. The van der Waals surface area contributed by atoms with Crippen molar-refractivity contribution in [1.82, 2.24) is 15.1 Å². The third-order valence-electron chi connectivity index (χ3n) is 2.65. The Hall–Kier alpha value is -1.85. The van der Waals surface area contributed by atoms with Gasteiger partial charge in [0, 0.05) is 19.7 Å². The van der Waals surface area contributed by atoms with Gasteiger partial charge in [-0.1, -0.05) is 13.8 Å². The van der Waals surface area contributed by atoms with Gasteiger partial charge in [-0.15, -0.1) is 0 Å². The van der Waals surface area contributed by atoms with Crippen molar-refractivity contribution in [2.75, 3.05) is 0 Å². The molecule has 0 aromatic carbocycles. The molecule has 0 bridgehead atoms. The van der Waals surface area contributed by atoms with Crippen molar-refractivity contribution in [3.05, 3.63) is 18.0 Å². The highest BCUT2D eigenvalue weighted by atomic mass is 16.4. The van der Waals surface area contributed by atoms with Crippen molar-refractivity contribution in [3.8, 4) is 0 Å². The Bertz CT molecular complexity index is 426. The molecule has 1 atom stereocenters. The number of carboxylic acids is 1. The minimum Gasteiger partial charge on any atom is -0.480 e. The Morgan fingerprint density at radius 2 is 2.17 bits per heavy atom. The van der Waals surface area contributed by atoms with Gasteiger partial charge in [-0.2, -0.15) is 5.10 Å². The van der Waals surface area contributed by atoms with E-state index in [1.165, 1.54) is 0 Å². The van der Waals surface area contributed by atoms with Crippen LogP contribution < -0.4 is 5.32 Å². The van der Waals surface area contributed by atoms with Crippen LogP contribution in [0.3, 0.4) is 0 Å². The molecule has 0 spiro atoms. The van der Waals surface area contributed by atoms with E-state index in [2.05, 4.69) is 10.4 Å². The van der Waals surface area contributed by atoms with E-state index in [9.17, 15) is 9.59 Å². The highest BCUT2D eigenvalue weighted by Crippen LogP contribution is 2.04. The summed E-state index contributed by atoms with van der Waals surface area (Å²) in [7, 11) is 1.81. The predicted molar refractivity (Wildman–Crippen MR) is 65.9 cm³/mol. The van der Waals surface area contributed by atoms with E-state index in [0.29, 0.717) is 6.42 Å². The van der Waals surface area contributed by atoms with Gasteiger partial charge in [0.2, 0.25) is 5.91 Å². The summed E-state index contributed by atoms with van der Waals surface area (Å²) in [4.78, 5) is 22.6. The minimum absolute atomic E-state index is 0.134. The molecule has 0 saturated heterocycles. The molecule has 1 amide bonds. The fraction of sp³-hybridized carbons (Fsp3) is 0.583. The van der Waals surface area contributed by atoms with E-state index in [0.717, 1.165) is 5.56 Å². The van der Waals surface area contributed by atoms with Gasteiger partial charge in [0.05, 0.1) is 6.20 Å². The quantitative estimate of drug-likeness (QED) is 0.776. The summed E-state index contributed by atoms with van der Waals surface area (Å²) >= 11 is 0. The number of carbonyl (C=O) groups is 2. The van der Waals surface area contributed by atoms with Gasteiger partial charge in [-0.3, -0.25) is 9.48 Å². The normalized spacial score (nSPS) is 12.4. The maximum atomic E-state index is 11.6. The van der Waals surface area contributed by atoms with Crippen LogP contribution in [0, 0.1) is 5.92 Å². The standard InChI is InChI=1S/C12H19N3O3/c1-8(2)11(12(17)18)14-10(16)5-4-9-6-13-15(3)7-9/h6-8,11H,4-5H2,1-3H3,(H,14,16)(H,17,18). The number of hydrogen-bond donors (Lipinski definition) is 2. The Balaban J connectivity index is 2.43. The molecule has 0 saturated carbocycles. The molecule has 0 radical (unpaired) electrons. The topological polar surface area (TPSA) is 84.2 Å². The summed E-state index contributed by atoms with van der Waals surface area (Å²) in [6.07, 6.45) is 4.36. The van der Waals surface area contributed by atoms with Gasteiger partial charge in [-0.25, -0.2) is 4.79 Å². The number of rotatable bonds is 6. The average Bonchev–Trinajstić information content (AvgIpc) is 2.68. The number of amides is 1. The molecule has 0 aliphatic carbocycles. The van der Waals surface area contributed by atoms with Crippen LogP contribution in [-0.2, 0) is 23.1 Å². The first-order valence-electron chi connectivity index (χ1n) is 5.90. The summed E-state index contributed by atoms with van der Waals surface area (Å²) in [6, 6.07) is -0.827. The van der Waals surface area contributed by atoms with E-state index in [-0.39, 0.29) is 18.2 Å². The highest BCUT2D eigenvalue weighted by Gasteiger charge is 2.23. The SMILES string of the molecule is CC(C)C(NC(=O)CCc1cnn(C)c1)C(=O)O. The van der Waals surface area contributed by atoms with Crippen molar-refractivity contribution < 1.29 is 14.7 Å². The van der Waals surface area contributed by atoms with Crippen LogP contribution in [0.1, 0.15) is 25.8 Å². The maximum Gasteiger partial charge on any atom is 0.326 e. The molecule has 1 rings (SSSR count). The number of carbonyl (C=O) groups excluding carboxylic acids is 1. The van der Waals surface area contributed by atoms with E-state index in [1.807, 2.05) is 13.2 Å². The number of carboxylic acid groups (broad SMARTS) is 1. The molecule has 0 fully saturated rings. The van der Waals surface area contributed by atoms with Crippen LogP contribution in [0.2, 0.25) is 0 Å². The van der Waals surface area contributed by atoms with E-state index in [4.69, 9.17) is 5.11 Å². The lowest BCUT2D eigenvalue weighted by Crippen LogP contribution is -2.44. The monoisotopic (exact) mass is 253 g/mol. The lowest BCUT2D eigenvalue weighted by Gasteiger charge is -2.17. The molecule has 0 aliphatic heterocycles. The van der Waals surface area contributed by atoms with E-state index < -0.39 is 12.0 Å². The predicted octanol–water partition coefficient (Wildman–Crippen LogP) is 0.578. The second kappa shape index (κ2) is 6.18. The molecule has 2 N–H and O–H groups in total. The summed E-state index contributed by atoms with van der Waals surface area (Å²) in [5, 5.41) is 15.5. The van der Waals surface area contributed by atoms with E-state index in [1.54, 1.807) is 24.7 Å². The molecule has 6 heteroatoms. The Morgan fingerprint density at radius 3 is 2.61 bits per heavy atom. The molecule has 1 unspecified atom stereocenters. The second-order valence-corrected chi connectivity index (χ2v) is 4.65. The second-order valence-electron chi connectivity index (χ2n) is 4.65. The number of nitrogens with zero attached hydrogens (tertiary/aromatic N) is 2. The number of aliphatic carboxylic acids is 1. The molecule has 18 heavy (non-hydrogen) atoms. The Labute approximate surface area is 106 Å². The lowest BCUT2D eigenvalue weighted by molar-refractivity contribution is -0.143. The first-order valence-corrected chi connectivity index (χ1v) is 5.90. The molecule has 6 nitrogen and oxygen atoms in total. The summed E-state index contributed by atoms with van der Waals surface area (Å²) in [5.41, 5.74) is 0.962. The molecular formula is C12H19N3O3. The molecule has 0 aliphatic rings. The molecule has 100 valence electrons. The van der Waals surface area contributed by atoms with Gasteiger partial charge >= 0.3 is 5.97 Å². The molecular weight excluding hydrogens is 234 g/mol. The molecule has 1 heterocycles. The Morgan fingerprint density at radius 1 is 1.50 bits per heavy atom. The number of aryl methyl sites for hydroxylation is 2. The van der Waals surface area contributed by atoms with Gasteiger partial charge < -0.3 is 10.4 Å². The molecule has 1 aromatic rings. The van der Waals surface area contributed by atoms with Crippen LogP contribution in [0.4, 0.5) is 0 Å². The van der Waals surface area contributed by atoms with Crippen LogP contribution >= 0.6 is 0 Å². The van der Waals surface area contributed by atoms with Crippen molar-refractivity contribution in [2.45, 2.75) is 32.7 Å². The van der Waals surface area contributed by atoms with Crippen LogP contribution in [0.5, 0.6) is 0 Å². The number of hydrogen-bond acceptors (Lipinski definition) is 3. The molecule has 1 aromatic heterocycles. The zero-order chi connectivity index (χ0) is 13.7. The van der Waals surface area contributed by atoms with Crippen molar-refractivity contribution in [2.24, 2.45) is 13.0 Å². The van der Waals surface area contributed by atoms with Gasteiger partial charge in [0.15, 0.2) is 0 Å². The summed E-state index contributed by atoms with van der Waals surface area (Å²) in [5.74, 6) is -1.38. The van der Waals surface area contributed by atoms with Gasteiger partial charge in [-0.05, 0) is 17.9 Å². The zero-order valence-electron chi connectivity index (χ0n) is 10.9. The van der Waals surface area contributed by atoms with Gasteiger partial charge in [0.25, 0.3) is 0 Å². The van der Waals surface area contributed by atoms with Gasteiger partial charge in [0.1, 0.15) is 6.04 Å². The third-order valence-corrected chi connectivity index (χ3v) is 2.65. The fourth-order valence-corrected chi connectivity index (χ4v) is 1.62. The largest absolute Gasteiger partial charge is 0.480 e. The van der Waals surface area contributed by atoms with Crippen molar-refractivity contribution in [1.29, 1.82) is 0 Å². The Kier molecular flexibility index (Phi) is 4.88. The highest BCUT2D eigenvalue weighted by molar-refractivity contribution is 5.83. The first-order chi connectivity index (χ1) is 8.40. The third kappa shape index (κ3) is 4.20. The first kappa shape index (κ1) is 14.2. The fourth-order valence-electron chi connectivity index (χ4n) is 1.62. The number of aromatic nitrogens is 2. The maximum absolute atomic E-state index is 11.6. The van der Waals surface area contributed by atoms with Crippen molar-refractivity contribution >= 4 is 11.9 Å². The average molecular weight is 253 g/mol. The minimum atomic E-state index is -1.00. The van der Waals surface area contributed by atoms with Crippen molar-refractivity contribution in [3.63, 3.8) is 0 Å². The zero-order valence-corrected chi connectivity index (χ0v) is 10.9. The lowest BCUT2D eigenvalue weighted by atomic mass is 10.0.